The first-order valence-corrected chi connectivity index (χ1v) is 7.32. The van der Waals surface area contributed by atoms with E-state index < -0.39 is 0 Å². The first-order valence-electron chi connectivity index (χ1n) is 7.32. The minimum atomic E-state index is 0. The standard InChI is InChI=1S/C15H22N4O.2ClH/c1-18(2)14-6-3-11(9-16-14)15(20)19-8-7-12-4-5-13(10-19)17-12;;/h3,6,9,12-13,17H,4-5,7-8,10H2,1-2H3;2*1H. The lowest BCUT2D eigenvalue weighted by Crippen LogP contribution is -2.39. The minimum Gasteiger partial charge on any atom is -0.363 e. The molecule has 2 unspecified atom stereocenters. The minimum absolute atomic E-state index is 0. The van der Waals surface area contributed by atoms with Gasteiger partial charge in [0.2, 0.25) is 0 Å². The fourth-order valence-electron chi connectivity index (χ4n) is 3.09. The third kappa shape index (κ3) is 4.03. The number of carbonyl (C=O) groups is 1. The van der Waals surface area contributed by atoms with E-state index in [9.17, 15) is 4.79 Å². The van der Waals surface area contributed by atoms with Crippen LogP contribution in [-0.4, -0.2) is 55.1 Å². The Kier molecular flexibility index (Phi) is 6.91. The number of amides is 1. The average molecular weight is 347 g/mol. The monoisotopic (exact) mass is 346 g/mol. The van der Waals surface area contributed by atoms with E-state index in [0.717, 1.165) is 25.3 Å². The SMILES string of the molecule is CN(C)c1ccc(C(=O)N2CCC3CCC(C2)N3)cn1.Cl.Cl. The Hall–Kier alpha value is -1.04. The van der Waals surface area contributed by atoms with Crippen molar-refractivity contribution in [3.63, 3.8) is 0 Å². The van der Waals surface area contributed by atoms with E-state index in [1.165, 1.54) is 12.8 Å². The first-order chi connectivity index (χ1) is 9.63. The van der Waals surface area contributed by atoms with Crippen LogP contribution in [0.2, 0.25) is 0 Å². The van der Waals surface area contributed by atoms with Crippen molar-refractivity contribution in [1.82, 2.24) is 15.2 Å². The molecule has 1 N–H and O–H groups in total. The van der Waals surface area contributed by atoms with Gasteiger partial charge in [0.05, 0.1) is 5.56 Å². The molecular weight excluding hydrogens is 323 g/mol. The highest BCUT2D eigenvalue weighted by molar-refractivity contribution is 5.94. The van der Waals surface area contributed by atoms with Gasteiger partial charge in [-0.3, -0.25) is 4.79 Å². The van der Waals surface area contributed by atoms with Crippen LogP contribution in [0.5, 0.6) is 0 Å². The normalized spacial score (nSPS) is 23.1. The van der Waals surface area contributed by atoms with E-state index in [4.69, 9.17) is 0 Å². The molecule has 0 aliphatic carbocycles. The zero-order valence-electron chi connectivity index (χ0n) is 13.0. The van der Waals surface area contributed by atoms with Gasteiger partial charge in [-0.2, -0.15) is 0 Å². The molecule has 124 valence electrons. The highest BCUT2D eigenvalue weighted by Gasteiger charge is 2.31. The van der Waals surface area contributed by atoms with E-state index in [2.05, 4.69) is 10.3 Å². The van der Waals surface area contributed by atoms with Crippen LogP contribution in [0.25, 0.3) is 0 Å². The quantitative estimate of drug-likeness (QED) is 0.889. The number of halogens is 2. The third-order valence-electron chi connectivity index (χ3n) is 4.26. The number of hydrogen-bond donors (Lipinski definition) is 1. The molecule has 2 fully saturated rings. The summed E-state index contributed by atoms with van der Waals surface area (Å²) in [5, 5.41) is 3.60. The van der Waals surface area contributed by atoms with Crippen LogP contribution in [-0.2, 0) is 0 Å². The smallest absolute Gasteiger partial charge is 0.255 e. The second-order valence-electron chi connectivity index (χ2n) is 5.98. The maximum Gasteiger partial charge on any atom is 0.255 e. The summed E-state index contributed by atoms with van der Waals surface area (Å²) >= 11 is 0. The molecule has 0 radical (unpaired) electrons. The summed E-state index contributed by atoms with van der Waals surface area (Å²) < 4.78 is 0. The van der Waals surface area contributed by atoms with E-state index >= 15 is 0 Å². The number of likely N-dealkylation sites (tertiary alicyclic amines) is 1. The topological polar surface area (TPSA) is 48.5 Å². The van der Waals surface area contributed by atoms with Crippen molar-refractivity contribution in [3.8, 4) is 0 Å². The lowest BCUT2D eigenvalue weighted by Gasteiger charge is -2.24. The number of anilines is 1. The van der Waals surface area contributed by atoms with E-state index in [1.807, 2.05) is 36.0 Å². The Morgan fingerprint density at radius 3 is 2.59 bits per heavy atom. The molecule has 2 atom stereocenters. The fraction of sp³-hybridized carbons (Fsp3) is 0.600. The molecular formula is C15H24Cl2N4O. The molecule has 1 aromatic rings. The van der Waals surface area contributed by atoms with E-state index in [1.54, 1.807) is 6.20 Å². The van der Waals surface area contributed by atoms with E-state index in [0.29, 0.717) is 17.6 Å². The summed E-state index contributed by atoms with van der Waals surface area (Å²) in [6, 6.07) is 4.85. The largest absolute Gasteiger partial charge is 0.363 e. The van der Waals surface area contributed by atoms with Gasteiger partial charge in [0.1, 0.15) is 5.82 Å². The molecule has 2 saturated heterocycles. The van der Waals surface area contributed by atoms with Crippen molar-refractivity contribution in [3.05, 3.63) is 23.9 Å². The number of hydrogen-bond acceptors (Lipinski definition) is 4. The molecule has 22 heavy (non-hydrogen) atoms. The molecule has 1 aromatic heterocycles. The first kappa shape index (κ1) is 19.0. The van der Waals surface area contributed by atoms with Crippen molar-refractivity contribution >= 4 is 36.5 Å². The van der Waals surface area contributed by atoms with Crippen LogP contribution >= 0.6 is 24.8 Å². The van der Waals surface area contributed by atoms with Crippen LogP contribution in [0.3, 0.4) is 0 Å². The molecule has 3 heterocycles. The number of nitrogens with zero attached hydrogens (tertiary/aromatic N) is 3. The van der Waals surface area contributed by atoms with Gasteiger partial charge >= 0.3 is 0 Å². The summed E-state index contributed by atoms with van der Waals surface area (Å²) in [7, 11) is 3.89. The van der Waals surface area contributed by atoms with Crippen molar-refractivity contribution in [1.29, 1.82) is 0 Å². The summed E-state index contributed by atoms with van der Waals surface area (Å²) in [6.07, 6.45) is 5.19. The van der Waals surface area contributed by atoms with Crippen LogP contribution in [0.1, 0.15) is 29.6 Å². The number of nitrogens with one attached hydrogen (secondary N) is 1. The number of carbonyl (C=O) groups excluding carboxylic acids is 1. The highest BCUT2D eigenvalue weighted by atomic mass is 35.5. The third-order valence-corrected chi connectivity index (χ3v) is 4.26. The van der Waals surface area contributed by atoms with Crippen molar-refractivity contribution in [2.24, 2.45) is 0 Å². The maximum absolute atomic E-state index is 12.6. The van der Waals surface area contributed by atoms with Gasteiger partial charge in [-0.25, -0.2) is 4.98 Å². The molecule has 3 rings (SSSR count). The Labute approximate surface area is 144 Å². The summed E-state index contributed by atoms with van der Waals surface area (Å²) in [4.78, 5) is 20.8. The molecule has 0 aromatic carbocycles. The number of fused-ring (bicyclic) bond motifs is 2. The van der Waals surface area contributed by atoms with E-state index in [-0.39, 0.29) is 30.7 Å². The van der Waals surface area contributed by atoms with Crippen LogP contribution in [0, 0.1) is 0 Å². The predicted octanol–water partition coefficient (Wildman–Crippen LogP) is 1.96. The van der Waals surface area contributed by atoms with Gasteiger partial charge in [0.15, 0.2) is 0 Å². The second kappa shape index (κ2) is 7.99. The van der Waals surface area contributed by atoms with Crippen LogP contribution in [0.15, 0.2) is 18.3 Å². The van der Waals surface area contributed by atoms with Gasteiger partial charge < -0.3 is 15.1 Å². The van der Waals surface area contributed by atoms with Gasteiger partial charge in [-0.1, -0.05) is 0 Å². The van der Waals surface area contributed by atoms with Gasteiger partial charge in [-0.15, -0.1) is 24.8 Å². The fourth-order valence-corrected chi connectivity index (χ4v) is 3.09. The Balaban J connectivity index is 0.00000121. The summed E-state index contributed by atoms with van der Waals surface area (Å²) in [5.41, 5.74) is 0.688. The summed E-state index contributed by atoms with van der Waals surface area (Å²) in [5.74, 6) is 0.982. The Bertz CT molecular complexity index is 495. The van der Waals surface area contributed by atoms with Crippen molar-refractivity contribution in [2.75, 3.05) is 32.1 Å². The lowest BCUT2D eigenvalue weighted by molar-refractivity contribution is 0.0748. The average Bonchev–Trinajstić information content (AvgIpc) is 2.78. The van der Waals surface area contributed by atoms with Gasteiger partial charge in [0.25, 0.3) is 5.91 Å². The van der Waals surface area contributed by atoms with Gasteiger partial charge in [-0.05, 0) is 31.4 Å². The zero-order valence-corrected chi connectivity index (χ0v) is 14.6. The Morgan fingerprint density at radius 2 is 1.95 bits per heavy atom. The van der Waals surface area contributed by atoms with Crippen molar-refractivity contribution < 1.29 is 4.79 Å². The molecule has 5 nitrogen and oxygen atoms in total. The molecule has 0 saturated carbocycles. The lowest BCUT2D eigenvalue weighted by atomic mass is 10.1. The maximum atomic E-state index is 12.6. The van der Waals surface area contributed by atoms with Crippen LogP contribution in [0.4, 0.5) is 5.82 Å². The molecule has 7 heteroatoms. The molecule has 0 spiro atoms. The van der Waals surface area contributed by atoms with Gasteiger partial charge in [0, 0.05) is 45.5 Å². The molecule has 2 aliphatic rings. The molecule has 2 bridgehead atoms. The highest BCUT2D eigenvalue weighted by Crippen LogP contribution is 2.21. The number of rotatable bonds is 2. The van der Waals surface area contributed by atoms with Crippen LogP contribution < -0.4 is 10.2 Å². The molecule has 1 amide bonds. The number of aromatic nitrogens is 1. The van der Waals surface area contributed by atoms with Crippen molar-refractivity contribution in [2.45, 2.75) is 31.3 Å². The zero-order chi connectivity index (χ0) is 14.1. The summed E-state index contributed by atoms with van der Waals surface area (Å²) in [6.45, 7) is 1.67. The Morgan fingerprint density at radius 1 is 1.23 bits per heavy atom. The molecule has 2 aliphatic heterocycles. The predicted molar refractivity (Wildman–Crippen MR) is 93.5 cm³/mol. The number of pyridine rings is 1. The second-order valence-corrected chi connectivity index (χ2v) is 5.98.